The number of nitrogens with one attached hydrogen (secondary N) is 1. The van der Waals surface area contributed by atoms with Gasteiger partial charge in [-0.1, -0.05) is 34.1 Å². The topological polar surface area (TPSA) is 72.5 Å². The fraction of sp³-hybridized carbons (Fsp3) is 0.318. The molecule has 150 valence electrons. The summed E-state index contributed by atoms with van der Waals surface area (Å²) < 4.78 is 6.15. The van der Waals surface area contributed by atoms with E-state index in [-0.39, 0.29) is 36.6 Å². The summed E-state index contributed by atoms with van der Waals surface area (Å²) in [6.45, 7) is 1.96. The van der Waals surface area contributed by atoms with Crippen LogP contribution in [0.15, 0.2) is 57.5 Å². The third-order valence-corrected chi connectivity index (χ3v) is 6.93. The Morgan fingerprint density at radius 3 is 2.76 bits per heavy atom. The standard InChI is InChI=1S/C22H20BrNO4S/c1-2-28-22(27)20-15(17-7-4-8-29-17)10-16-19(21(20)26)14(11-18(25)24-16)12-5-3-6-13(23)9-12/h3-9,14-15,20H,2,10-11H2,1H3,(H,24,25)/t14-,15+,20+/m1/s1. The average Bonchev–Trinajstić information content (AvgIpc) is 3.21. The number of carbonyl (C=O) groups excluding carboxylic acids is 3. The highest BCUT2D eigenvalue weighted by atomic mass is 79.9. The fourth-order valence-electron chi connectivity index (χ4n) is 4.23. The second kappa shape index (κ2) is 8.24. The van der Waals surface area contributed by atoms with Gasteiger partial charge in [0, 0.05) is 38.9 Å². The van der Waals surface area contributed by atoms with Gasteiger partial charge in [0.25, 0.3) is 0 Å². The van der Waals surface area contributed by atoms with Crippen molar-refractivity contribution in [3.05, 3.63) is 68.0 Å². The SMILES string of the molecule is CCOC(=O)[C@@H]1C(=O)C2=C(C[C@H]1c1cccs1)NC(=O)C[C@@H]2c1cccc(Br)c1. The molecule has 0 radical (unpaired) electrons. The monoisotopic (exact) mass is 473 g/mol. The number of esters is 1. The highest BCUT2D eigenvalue weighted by Crippen LogP contribution is 2.46. The third-order valence-electron chi connectivity index (χ3n) is 5.43. The number of hydrogen-bond donors (Lipinski definition) is 1. The molecule has 0 unspecified atom stereocenters. The minimum Gasteiger partial charge on any atom is -0.465 e. The fourth-order valence-corrected chi connectivity index (χ4v) is 5.51. The first-order chi connectivity index (χ1) is 14.0. The third kappa shape index (κ3) is 3.81. The minimum atomic E-state index is -0.892. The van der Waals surface area contributed by atoms with Crippen LogP contribution in [0.3, 0.4) is 0 Å². The molecular formula is C22H20BrNO4S. The Bertz CT molecular complexity index is 998. The summed E-state index contributed by atoms with van der Waals surface area (Å²) in [6.07, 6.45) is 0.613. The van der Waals surface area contributed by atoms with E-state index in [4.69, 9.17) is 4.74 Å². The number of rotatable bonds is 4. The summed E-state index contributed by atoms with van der Waals surface area (Å²) in [6, 6.07) is 11.5. The molecule has 0 saturated carbocycles. The number of ether oxygens (including phenoxy) is 1. The van der Waals surface area contributed by atoms with Crippen molar-refractivity contribution in [3.8, 4) is 0 Å². The number of allylic oxidation sites excluding steroid dienone is 2. The summed E-state index contributed by atoms with van der Waals surface area (Å²) in [5, 5.41) is 4.83. The number of hydrogen-bond acceptors (Lipinski definition) is 5. The second-order valence-corrected chi connectivity index (χ2v) is 9.07. The smallest absolute Gasteiger partial charge is 0.317 e. The van der Waals surface area contributed by atoms with Crippen LogP contribution in [-0.4, -0.2) is 24.3 Å². The van der Waals surface area contributed by atoms with Crippen LogP contribution in [-0.2, 0) is 19.1 Å². The molecule has 5 nitrogen and oxygen atoms in total. The lowest BCUT2D eigenvalue weighted by Crippen LogP contribution is -2.44. The van der Waals surface area contributed by atoms with Gasteiger partial charge >= 0.3 is 5.97 Å². The van der Waals surface area contributed by atoms with Crippen LogP contribution in [0.4, 0.5) is 0 Å². The summed E-state index contributed by atoms with van der Waals surface area (Å²) in [5.74, 6) is -2.44. The van der Waals surface area contributed by atoms with E-state index in [1.165, 1.54) is 11.3 Å². The molecule has 1 aliphatic carbocycles. The van der Waals surface area contributed by atoms with Crippen LogP contribution in [0.5, 0.6) is 0 Å². The molecule has 0 fully saturated rings. The van der Waals surface area contributed by atoms with Gasteiger partial charge in [-0.3, -0.25) is 14.4 Å². The Kier molecular flexibility index (Phi) is 5.69. The van der Waals surface area contributed by atoms with E-state index in [0.29, 0.717) is 17.7 Å². The number of thiophene rings is 1. The van der Waals surface area contributed by atoms with Gasteiger partial charge in [0.1, 0.15) is 5.92 Å². The normalized spacial score (nSPS) is 24.1. The first-order valence-electron chi connectivity index (χ1n) is 9.52. The van der Waals surface area contributed by atoms with Crippen LogP contribution in [0.2, 0.25) is 0 Å². The van der Waals surface area contributed by atoms with E-state index in [2.05, 4.69) is 21.2 Å². The predicted molar refractivity (Wildman–Crippen MR) is 113 cm³/mol. The number of amides is 1. The van der Waals surface area contributed by atoms with Crippen molar-refractivity contribution in [1.29, 1.82) is 0 Å². The zero-order valence-corrected chi connectivity index (χ0v) is 18.2. The van der Waals surface area contributed by atoms with Crippen molar-refractivity contribution in [2.24, 2.45) is 5.92 Å². The van der Waals surface area contributed by atoms with Gasteiger partial charge < -0.3 is 10.1 Å². The van der Waals surface area contributed by atoms with Gasteiger partial charge in [-0.15, -0.1) is 11.3 Å². The van der Waals surface area contributed by atoms with E-state index >= 15 is 0 Å². The zero-order chi connectivity index (χ0) is 20.5. The molecule has 2 heterocycles. The van der Waals surface area contributed by atoms with E-state index in [1.807, 2.05) is 41.8 Å². The average molecular weight is 474 g/mol. The minimum absolute atomic E-state index is 0.110. The molecule has 1 aliphatic heterocycles. The maximum atomic E-state index is 13.6. The summed E-state index contributed by atoms with van der Waals surface area (Å²) >= 11 is 4.97. The zero-order valence-electron chi connectivity index (χ0n) is 15.8. The number of benzene rings is 1. The van der Waals surface area contributed by atoms with E-state index in [0.717, 1.165) is 14.9 Å². The summed E-state index contributed by atoms with van der Waals surface area (Å²) in [4.78, 5) is 39.8. The molecule has 1 aromatic carbocycles. The Morgan fingerprint density at radius 1 is 1.24 bits per heavy atom. The van der Waals surface area contributed by atoms with Crippen LogP contribution in [0.25, 0.3) is 0 Å². The van der Waals surface area contributed by atoms with Crippen molar-refractivity contribution in [1.82, 2.24) is 5.32 Å². The molecule has 1 N–H and O–H groups in total. The van der Waals surface area contributed by atoms with Crippen LogP contribution in [0.1, 0.15) is 42.0 Å². The highest BCUT2D eigenvalue weighted by Gasteiger charge is 2.47. The highest BCUT2D eigenvalue weighted by molar-refractivity contribution is 9.10. The van der Waals surface area contributed by atoms with Crippen molar-refractivity contribution in [2.75, 3.05) is 6.61 Å². The summed E-state index contributed by atoms with van der Waals surface area (Å²) in [7, 11) is 0. The molecule has 7 heteroatoms. The number of Topliss-reactive ketones (excluding diaryl/α,β-unsaturated/α-hetero) is 1. The Labute approximate surface area is 181 Å². The Morgan fingerprint density at radius 2 is 2.07 bits per heavy atom. The maximum Gasteiger partial charge on any atom is 0.317 e. The molecule has 1 aromatic heterocycles. The van der Waals surface area contributed by atoms with Gasteiger partial charge in [-0.05, 0) is 42.5 Å². The predicted octanol–water partition coefficient (Wildman–Crippen LogP) is 4.30. The molecule has 3 atom stereocenters. The molecule has 29 heavy (non-hydrogen) atoms. The van der Waals surface area contributed by atoms with Gasteiger partial charge in [-0.2, -0.15) is 0 Å². The Balaban J connectivity index is 1.82. The van der Waals surface area contributed by atoms with Crippen LogP contribution in [0, 0.1) is 5.92 Å². The summed E-state index contributed by atoms with van der Waals surface area (Å²) in [5.41, 5.74) is 2.05. The molecule has 1 amide bonds. The van der Waals surface area contributed by atoms with Gasteiger partial charge in [0.05, 0.1) is 6.61 Å². The lowest BCUT2D eigenvalue weighted by molar-refractivity contribution is -0.152. The second-order valence-electron chi connectivity index (χ2n) is 7.17. The van der Waals surface area contributed by atoms with Crippen LogP contribution < -0.4 is 5.32 Å². The lowest BCUT2D eigenvalue weighted by atomic mass is 9.69. The van der Waals surface area contributed by atoms with E-state index < -0.39 is 11.9 Å². The van der Waals surface area contributed by atoms with Gasteiger partial charge in [-0.25, -0.2) is 0 Å². The van der Waals surface area contributed by atoms with Crippen molar-refractivity contribution >= 4 is 44.9 Å². The molecule has 0 saturated heterocycles. The number of halogens is 1. The van der Waals surface area contributed by atoms with Crippen molar-refractivity contribution in [2.45, 2.75) is 31.6 Å². The number of ketones is 1. The molecule has 0 spiro atoms. The van der Waals surface area contributed by atoms with Crippen molar-refractivity contribution < 1.29 is 19.1 Å². The number of carbonyl (C=O) groups is 3. The molecule has 2 aliphatic rings. The quantitative estimate of drug-likeness (QED) is 0.530. The lowest BCUT2D eigenvalue weighted by Gasteiger charge is -2.37. The Hall–Kier alpha value is -2.25. The van der Waals surface area contributed by atoms with Crippen molar-refractivity contribution in [3.63, 3.8) is 0 Å². The molecule has 2 aromatic rings. The van der Waals surface area contributed by atoms with Crippen LogP contribution >= 0.6 is 27.3 Å². The first kappa shape index (κ1) is 20.0. The van der Waals surface area contributed by atoms with E-state index in [9.17, 15) is 14.4 Å². The van der Waals surface area contributed by atoms with Gasteiger partial charge in [0.15, 0.2) is 5.78 Å². The van der Waals surface area contributed by atoms with Gasteiger partial charge in [0.2, 0.25) is 5.91 Å². The maximum absolute atomic E-state index is 13.6. The van der Waals surface area contributed by atoms with E-state index in [1.54, 1.807) is 6.92 Å². The molecule has 0 bridgehead atoms. The first-order valence-corrected chi connectivity index (χ1v) is 11.2. The largest absolute Gasteiger partial charge is 0.465 e. The molecule has 4 rings (SSSR count). The molecular weight excluding hydrogens is 454 g/mol.